The molecule has 6 nitrogen and oxygen atoms in total. The minimum atomic E-state index is -0.264. The summed E-state index contributed by atoms with van der Waals surface area (Å²) in [6.07, 6.45) is 2.06. The first-order chi connectivity index (χ1) is 16.8. The molecule has 0 amide bonds. The molecule has 0 radical (unpaired) electrons. The molecular formula is C25H19Br3ClN3O3. The fraction of sp³-hybridized carbons (Fsp3) is 0.160. The Morgan fingerprint density at radius 2 is 1.83 bits per heavy atom. The molecule has 0 bridgehead atoms. The summed E-state index contributed by atoms with van der Waals surface area (Å²) in [5, 5.41) is 5.39. The van der Waals surface area contributed by atoms with Crippen LogP contribution in [-0.2, 0) is 13.0 Å². The van der Waals surface area contributed by atoms with Crippen LogP contribution in [0.15, 0.2) is 71.8 Å². The molecule has 0 unspecified atom stereocenters. The average Bonchev–Trinajstić information content (AvgIpc) is 2.83. The lowest BCUT2D eigenvalue weighted by atomic mass is 10.2. The van der Waals surface area contributed by atoms with Crippen molar-refractivity contribution in [1.29, 1.82) is 0 Å². The minimum Gasteiger partial charge on any atom is -0.493 e. The Kier molecular flexibility index (Phi) is 8.31. The van der Waals surface area contributed by atoms with Crippen LogP contribution in [0.25, 0.3) is 10.9 Å². The maximum absolute atomic E-state index is 13.2. The summed E-state index contributed by atoms with van der Waals surface area (Å²) in [5.74, 6) is 1.45. The number of methoxy groups -OCH3 is 1. The lowest BCUT2D eigenvalue weighted by molar-refractivity contribution is 0.283. The second kappa shape index (κ2) is 11.2. The van der Waals surface area contributed by atoms with Gasteiger partial charge in [-0.3, -0.25) is 4.79 Å². The zero-order valence-electron chi connectivity index (χ0n) is 18.7. The second-order valence-corrected chi connectivity index (χ2v) is 10.6. The van der Waals surface area contributed by atoms with Gasteiger partial charge < -0.3 is 9.47 Å². The maximum Gasteiger partial charge on any atom is 0.282 e. The molecule has 0 aliphatic rings. The van der Waals surface area contributed by atoms with E-state index in [0.717, 1.165) is 19.0 Å². The minimum absolute atomic E-state index is 0.264. The Morgan fingerprint density at radius 1 is 1.09 bits per heavy atom. The standard InChI is InChI=1S/C25H19Br3ClN3O3/c1-3-23-31-21-7-6-16(26)9-19(21)25(33)32(23)30-12-15-8-18(29)11-22(34-2)24(15)35-13-14-4-5-17(27)10-20(14)28/h4-12H,3,13H2,1-2H3. The van der Waals surface area contributed by atoms with Crippen molar-refractivity contribution in [3.63, 3.8) is 0 Å². The first-order valence-electron chi connectivity index (χ1n) is 10.5. The van der Waals surface area contributed by atoms with Gasteiger partial charge in [0.05, 0.1) is 24.2 Å². The van der Waals surface area contributed by atoms with Crippen molar-refractivity contribution in [2.24, 2.45) is 5.10 Å². The van der Waals surface area contributed by atoms with Gasteiger partial charge in [-0.25, -0.2) is 4.98 Å². The van der Waals surface area contributed by atoms with Gasteiger partial charge in [0.1, 0.15) is 12.4 Å². The van der Waals surface area contributed by atoms with Gasteiger partial charge in [0.2, 0.25) is 0 Å². The van der Waals surface area contributed by atoms with Gasteiger partial charge >= 0.3 is 0 Å². The van der Waals surface area contributed by atoms with Gasteiger partial charge in [-0.1, -0.05) is 72.4 Å². The van der Waals surface area contributed by atoms with Crippen molar-refractivity contribution in [3.05, 3.63) is 94.3 Å². The first-order valence-corrected chi connectivity index (χ1v) is 13.3. The van der Waals surface area contributed by atoms with Crippen LogP contribution < -0.4 is 15.0 Å². The highest BCUT2D eigenvalue weighted by Gasteiger charge is 2.15. The lowest BCUT2D eigenvalue weighted by Crippen LogP contribution is -2.22. The highest BCUT2D eigenvalue weighted by Crippen LogP contribution is 2.35. The largest absolute Gasteiger partial charge is 0.493 e. The summed E-state index contributed by atoms with van der Waals surface area (Å²) in [4.78, 5) is 17.8. The van der Waals surface area contributed by atoms with E-state index in [-0.39, 0.29) is 12.2 Å². The Labute approximate surface area is 232 Å². The highest BCUT2D eigenvalue weighted by molar-refractivity contribution is 9.11. The van der Waals surface area contributed by atoms with E-state index in [2.05, 4.69) is 57.9 Å². The summed E-state index contributed by atoms with van der Waals surface area (Å²) in [6.45, 7) is 2.20. The average molecular weight is 685 g/mol. The monoisotopic (exact) mass is 681 g/mol. The van der Waals surface area contributed by atoms with Crippen LogP contribution in [-0.4, -0.2) is 23.0 Å². The Bertz CT molecular complexity index is 1510. The Hall–Kier alpha value is -2.20. The molecule has 0 aliphatic heterocycles. The number of fused-ring (bicyclic) bond motifs is 1. The molecule has 1 heterocycles. The summed E-state index contributed by atoms with van der Waals surface area (Å²) >= 11 is 16.8. The van der Waals surface area contributed by atoms with Crippen molar-refractivity contribution < 1.29 is 9.47 Å². The number of ether oxygens (including phenoxy) is 2. The third kappa shape index (κ3) is 5.80. The topological polar surface area (TPSA) is 65.7 Å². The fourth-order valence-electron chi connectivity index (χ4n) is 3.44. The molecule has 0 atom stereocenters. The molecule has 10 heteroatoms. The van der Waals surface area contributed by atoms with Gasteiger partial charge in [0.25, 0.3) is 5.56 Å². The number of aromatic nitrogens is 2. The van der Waals surface area contributed by atoms with Gasteiger partial charge in [-0.05, 0) is 36.4 Å². The SMILES string of the molecule is CCc1nc2ccc(Br)cc2c(=O)n1N=Cc1cc(Cl)cc(OC)c1OCc1ccc(Br)cc1Br. The molecule has 0 fully saturated rings. The van der Waals surface area contributed by atoms with Crippen LogP contribution in [0.4, 0.5) is 0 Å². The third-order valence-electron chi connectivity index (χ3n) is 5.16. The Balaban J connectivity index is 1.77. The van der Waals surface area contributed by atoms with Crippen LogP contribution in [0.1, 0.15) is 23.9 Å². The second-order valence-electron chi connectivity index (χ2n) is 7.46. The molecule has 0 aliphatic carbocycles. The molecule has 35 heavy (non-hydrogen) atoms. The molecular weight excluding hydrogens is 665 g/mol. The normalized spacial score (nSPS) is 11.4. The number of hydrogen-bond acceptors (Lipinski definition) is 5. The van der Waals surface area contributed by atoms with Gasteiger partial charge in [-0.2, -0.15) is 9.78 Å². The summed E-state index contributed by atoms with van der Waals surface area (Å²) in [6, 6.07) is 14.6. The molecule has 1 aromatic heterocycles. The fourth-order valence-corrected chi connectivity index (χ4v) is 5.18. The summed E-state index contributed by atoms with van der Waals surface area (Å²) in [5.41, 5.74) is 1.86. The lowest BCUT2D eigenvalue weighted by Gasteiger charge is -2.15. The van der Waals surface area contributed by atoms with E-state index < -0.39 is 0 Å². The summed E-state index contributed by atoms with van der Waals surface area (Å²) < 4.78 is 15.6. The number of aryl methyl sites for hydroxylation is 1. The predicted octanol–water partition coefficient (Wildman–Crippen LogP) is 7.37. The zero-order valence-corrected chi connectivity index (χ0v) is 24.2. The number of halogens is 4. The molecule has 0 saturated heterocycles. The van der Waals surface area contributed by atoms with Gasteiger partial charge in [-0.15, -0.1) is 0 Å². The van der Waals surface area contributed by atoms with E-state index in [1.54, 1.807) is 25.3 Å². The van der Waals surface area contributed by atoms with E-state index >= 15 is 0 Å². The highest BCUT2D eigenvalue weighted by atomic mass is 79.9. The van der Waals surface area contributed by atoms with Gasteiger partial charge in [0.15, 0.2) is 11.5 Å². The van der Waals surface area contributed by atoms with Crippen molar-refractivity contribution in [3.8, 4) is 11.5 Å². The van der Waals surface area contributed by atoms with Crippen LogP contribution in [0.5, 0.6) is 11.5 Å². The quantitative estimate of drug-likeness (QED) is 0.191. The summed E-state index contributed by atoms with van der Waals surface area (Å²) in [7, 11) is 1.54. The first kappa shape index (κ1) is 25.9. The molecule has 180 valence electrons. The number of hydrogen-bond donors (Lipinski definition) is 0. The van der Waals surface area contributed by atoms with Crippen LogP contribution in [0, 0.1) is 0 Å². The van der Waals surface area contributed by atoms with Crippen LogP contribution in [0.3, 0.4) is 0 Å². The number of rotatable bonds is 7. The van der Waals surface area contributed by atoms with Crippen molar-refractivity contribution in [2.45, 2.75) is 20.0 Å². The van der Waals surface area contributed by atoms with Crippen molar-refractivity contribution >= 4 is 76.5 Å². The number of nitrogens with zero attached hydrogens (tertiary/aromatic N) is 3. The van der Waals surface area contributed by atoms with E-state index in [0.29, 0.717) is 45.2 Å². The van der Waals surface area contributed by atoms with Crippen LogP contribution in [0.2, 0.25) is 5.02 Å². The predicted molar refractivity (Wildman–Crippen MR) is 150 cm³/mol. The molecule has 4 rings (SSSR count). The van der Waals surface area contributed by atoms with E-state index in [9.17, 15) is 4.79 Å². The van der Waals surface area contributed by atoms with E-state index in [1.165, 1.54) is 10.9 Å². The number of benzene rings is 3. The zero-order chi connectivity index (χ0) is 25.1. The molecule has 0 N–H and O–H groups in total. The molecule has 0 spiro atoms. The third-order valence-corrected chi connectivity index (χ3v) is 7.10. The van der Waals surface area contributed by atoms with E-state index in [1.807, 2.05) is 37.3 Å². The smallest absolute Gasteiger partial charge is 0.282 e. The molecule has 4 aromatic rings. The Morgan fingerprint density at radius 3 is 2.54 bits per heavy atom. The molecule has 0 saturated carbocycles. The van der Waals surface area contributed by atoms with Gasteiger partial charge in [0, 0.05) is 42.1 Å². The van der Waals surface area contributed by atoms with Crippen LogP contribution >= 0.6 is 59.4 Å². The van der Waals surface area contributed by atoms with E-state index in [4.69, 9.17) is 21.1 Å². The van der Waals surface area contributed by atoms with Crippen molar-refractivity contribution in [2.75, 3.05) is 7.11 Å². The maximum atomic E-state index is 13.2. The van der Waals surface area contributed by atoms with Crippen molar-refractivity contribution in [1.82, 2.24) is 9.66 Å². The molecule has 3 aromatic carbocycles.